The lowest BCUT2D eigenvalue weighted by atomic mass is 10.1. The second-order valence-corrected chi connectivity index (χ2v) is 4.46. The molecule has 2 heterocycles. The van der Waals surface area contributed by atoms with Crippen LogP contribution in [0.5, 0.6) is 5.75 Å². The SMILES string of the molecule is CC.OCCCCc1cncc(OCC2CCN2)c1. The topological polar surface area (TPSA) is 54.4 Å². The number of hydrogen-bond donors (Lipinski definition) is 2. The van der Waals surface area contributed by atoms with Gasteiger partial charge in [-0.05, 0) is 43.9 Å². The normalized spacial score (nSPS) is 17.1. The molecule has 4 heteroatoms. The van der Waals surface area contributed by atoms with E-state index in [1.807, 2.05) is 26.1 Å². The summed E-state index contributed by atoms with van der Waals surface area (Å²) in [7, 11) is 0. The maximum Gasteiger partial charge on any atom is 0.137 e. The number of ether oxygens (including phenoxy) is 1. The first kappa shape index (κ1) is 15.9. The van der Waals surface area contributed by atoms with E-state index in [9.17, 15) is 0 Å². The molecule has 1 aromatic rings. The molecule has 2 N–H and O–H groups in total. The Morgan fingerprint density at radius 2 is 2.16 bits per heavy atom. The third-order valence-electron chi connectivity index (χ3n) is 3.02. The van der Waals surface area contributed by atoms with Gasteiger partial charge in [0.15, 0.2) is 0 Å². The highest BCUT2D eigenvalue weighted by Gasteiger charge is 2.16. The van der Waals surface area contributed by atoms with Gasteiger partial charge in [0.1, 0.15) is 12.4 Å². The first-order valence-electron chi connectivity index (χ1n) is 7.29. The number of unbranched alkanes of at least 4 members (excludes halogenated alkanes) is 1. The molecule has 1 saturated heterocycles. The molecule has 1 fully saturated rings. The summed E-state index contributed by atoms with van der Waals surface area (Å²) in [5.41, 5.74) is 1.18. The van der Waals surface area contributed by atoms with Crippen molar-refractivity contribution in [3.05, 3.63) is 24.0 Å². The lowest BCUT2D eigenvalue weighted by Crippen LogP contribution is -2.46. The highest BCUT2D eigenvalue weighted by atomic mass is 16.5. The molecule has 0 saturated carbocycles. The highest BCUT2D eigenvalue weighted by Crippen LogP contribution is 2.14. The van der Waals surface area contributed by atoms with Crippen LogP contribution in [0.1, 0.15) is 38.7 Å². The molecule has 0 amide bonds. The van der Waals surface area contributed by atoms with Gasteiger partial charge in [-0.2, -0.15) is 0 Å². The zero-order chi connectivity index (χ0) is 13.9. The molecule has 1 atom stereocenters. The van der Waals surface area contributed by atoms with Gasteiger partial charge in [0.2, 0.25) is 0 Å². The molecule has 1 unspecified atom stereocenters. The Kier molecular flexibility index (Phi) is 8.18. The van der Waals surface area contributed by atoms with Gasteiger partial charge in [0, 0.05) is 18.8 Å². The molecule has 1 aliphatic heterocycles. The Balaban J connectivity index is 0.000000861. The van der Waals surface area contributed by atoms with E-state index in [-0.39, 0.29) is 6.61 Å². The van der Waals surface area contributed by atoms with Crippen LogP contribution in [0.3, 0.4) is 0 Å². The Bertz CT molecular complexity index is 341. The summed E-state index contributed by atoms with van der Waals surface area (Å²) in [6, 6.07) is 2.55. The number of aliphatic hydroxyl groups is 1. The summed E-state index contributed by atoms with van der Waals surface area (Å²) in [6.07, 6.45) is 7.61. The van der Waals surface area contributed by atoms with Crippen molar-refractivity contribution >= 4 is 0 Å². The van der Waals surface area contributed by atoms with E-state index < -0.39 is 0 Å². The van der Waals surface area contributed by atoms with E-state index in [2.05, 4.69) is 10.3 Å². The van der Waals surface area contributed by atoms with Gasteiger partial charge in [-0.3, -0.25) is 4.98 Å². The minimum Gasteiger partial charge on any atom is -0.490 e. The quantitative estimate of drug-likeness (QED) is 0.743. The van der Waals surface area contributed by atoms with Gasteiger partial charge in [-0.1, -0.05) is 13.8 Å². The molecular formula is C15H26N2O2. The minimum absolute atomic E-state index is 0.261. The molecule has 2 rings (SSSR count). The second-order valence-electron chi connectivity index (χ2n) is 4.46. The number of aliphatic hydroxyl groups excluding tert-OH is 1. The zero-order valence-electron chi connectivity index (χ0n) is 12.1. The molecular weight excluding hydrogens is 240 g/mol. The number of hydrogen-bond acceptors (Lipinski definition) is 4. The van der Waals surface area contributed by atoms with E-state index in [1.54, 1.807) is 6.20 Å². The summed E-state index contributed by atoms with van der Waals surface area (Å²) in [5.74, 6) is 0.847. The van der Waals surface area contributed by atoms with Crippen LogP contribution in [0.25, 0.3) is 0 Å². The smallest absolute Gasteiger partial charge is 0.137 e. The van der Waals surface area contributed by atoms with E-state index in [0.717, 1.165) is 38.2 Å². The Hall–Kier alpha value is -1.13. The van der Waals surface area contributed by atoms with Crippen LogP contribution in [0, 0.1) is 0 Å². The van der Waals surface area contributed by atoms with E-state index in [1.165, 1.54) is 12.0 Å². The van der Waals surface area contributed by atoms with Gasteiger partial charge < -0.3 is 15.2 Å². The Morgan fingerprint density at radius 1 is 1.37 bits per heavy atom. The van der Waals surface area contributed by atoms with Gasteiger partial charge >= 0.3 is 0 Å². The second kappa shape index (κ2) is 9.75. The van der Waals surface area contributed by atoms with Crippen molar-refractivity contribution in [2.75, 3.05) is 19.8 Å². The number of rotatable bonds is 7. The molecule has 0 radical (unpaired) electrons. The molecule has 19 heavy (non-hydrogen) atoms. The van der Waals surface area contributed by atoms with Crippen LogP contribution < -0.4 is 10.1 Å². The van der Waals surface area contributed by atoms with Crippen LogP contribution in [-0.4, -0.2) is 35.9 Å². The number of pyridine rings is 1. The highest BCUT2D eigenvalue weighted by molar-refractivity contribution is 5.23. The number of nitrogens with one attached hydrogen (secondary N) is 1. The summed E-state index contributed by atoms with van der Waals surface area (Å²) < 4.78 is 5.68. The fourth-order valence-electron chi connectivity index (χ4n) is 1.81. The first-order chi connectivity index (χ1) is 9.38. The predicted molar refractivity (Wildman–Crippen MR) is 77.5 cm³/mol. The lowest BCUT2D eigenvalue weighted by molar-refractivity contribution is 0.216. The fourth-order valence-corrected chi connectivity index (χ4v) is 1.81. The molecule has 1 aromatic heterocycles. The number of nitrogens with zero attached hydrogens (tertiary/aromatic N) is 1. The summed E-state index contributed by atoms with van der Waals surface area (Å²) >= 11 is 0. The largest absolute Gasteiger partial charge is 0.490 e. The van der Waals surface area contributed by atoms with Crippen molar-refractivity contribution in [3.63, 3.8) is 0 Å². The van der Waals surface area contributed by atoms with Gasteiger partial charge in [-0.15, -0.1) is 0 Å². The average molecular weight is 266 g/mol. The molecule has 0 aromatic carbocycles. The van der Waals surface area contributed by atoms with Crippen molar-refractivity contribution < 1.29 is 9.84 Å². The molecule has 1 aliphatic rings. The molecule has 0 aliphatic carbocycles. The minimum atomic E-state index is 0.261. The van der Waals surface area contributed by atoms with Gasteiger partial charge in [0.25, 0.3) is 0 Å². The van der Waals surface area contributed by atoms with Crippen LogP contribution in [-0.2, 0) is 6.42 Å². The van der Waals surface area contributed by atoms with Crippen molar-refractivity contribution in [2.45, 2.75) is 45.6 Å². The van der Waals surface area contributed by atoms with Crippen LogP contribution in [0.2, 0.25) is 0 Å². The zero-order valence-corrected chi connectivity index (χ0v) is 12.1. The van der Waals surface area contributed by atoms with Crippen LogP contribution >= 0.6 is 0 Å². The maximum atomic E-state index is 8.73. The number of aromatic nitrogens is 1. The van der Waals surface area contributed by atoms with Gasteiger partial charge in [-0.25, -0.2) is 0 Å². The summed E-state index contributed by atoms with van der Waals surface area (Å²) in [6.45, 7) is 6.09. The van der Waals surface area contributed by atoms with Crippen LogP contribution in [0.4, 0.5) is 0 Å². The van der Waals surface area contributed by atoms with Crippen molar-refractivity contribution in [1.82, 2.24) is 10.3 Å². The Labute approximate surface area is 116 Å². The molecule has 108 valence electrons. The van der Waals surface area contributed by atoms with Crippen molar-refractivity contribution in [3.8, 4) is 5.75 Å². The fraction of sp³-hybridized carbons (Fsp3) is 0.667. The van der Waals surface area contributed by atoms with Gasteiger partial charge in [0.05, 0.1) is 6.20 Å². The summed E-state index contributed by atoms with van der Waals surface area (Å²) in [5, 5.41) is 12.0. The molecule has 0 spiro atoms. The molecule has 0 bridgehead atoms. The lowest BCUT2D eigenvalue weighted by Gasteiger charge is -2.27. The standard InChI is InChI=1S/C13H20N2O2.C2H6/c16-6-2-1-3-11-7-13(9-14-8-11)17-10-12-4-5-15-12;1-2/h7-9,12,15-16H,1-6,10H2;1-2H3. The molecule has 4 nitrogen and oxygen atoms in total. The predicted octanol–water partition coefficient (Wildman–Crippen LogP) is 2.16. The van der Waals surface area contributed by atoms with Crippen LogP contribution in [0.15, 0.2) is 18.5 Å². The van der Waals surface area contributed by atoms with Crippen molar-refractivity contribution in [1.29, 1.82) is 0 Å². The Morgan fingerprint density at radius 3 is 2.79 bits per heavy atom. The maximum absolute atomic E-state index is 8.73. The van der Waals surface area contributed by atoms with E-state index >= 15 is 0 Å². The van der Waals surface area contributed by atoms with E-state index in [4.69, 9.17) is 9.84 Å². The number of aryl methyl sites for hydroxylation is 1. The van der Waals surface area contributed by atoms with E-state index in [0.29, 0.717) is 6.04 Å². The monoisotopic (exact) mass is 266 g/mol. The summed E-state index contributed by atoms with van der Waals surface area (Å²) in [4.78, 5) is 4.18. The van der Waals surface area contributed by atoms with Crippen molar-refractivity contribution in [2.24, 2.45) is 0 Å². The third kappa shape index (κ3) is 6.03. The first-order valence-corrected chi connectivity index (χ1v) is 7.29. The average Bonchev–Trinajstić information content (AvgIpc) is 2.40. The third-order valence-corrected chi connectivity index (χ3v) is 3.02.